The summed E-state index contributed by atoms with van der Waals surface area (Å²) in [6, 6.07) is 0. The molecule has 0 radical (unpaired) electrons. The number of alkyl halides is 1. The molecule has 0 bridgehead atoms. The molecule has 1 N–H and O–H groups in total. The molecule has 1 fully saturated rings. The highest BCUT2D eigenvalue weighted by Crippen LogP contribution is 2.39. The van der Waals surface area contributed by atoms with Gasteiger partial charge in [-0.25, -0.2) is 4.79 Å². The van der Waals surface area contributed by atoms with E-state index in [4.69, 9.17) is 21.4 Å². The molecule has 0 aromatic rings. The van der Waals surface area contributed by atoms with E-state index in [1.165, 1.54) is 0 Å². The molecule has 4 heteroatoms. The van der Waals surface area contributed by atoms with Crippen molar-refractivity contribution in [1.29, 1.82) is 0 Å². The van der Waals surface area contributed by atoms with Crippen LogP contribution in [0.4, 0.5) is 4.79 Å². The van der Waals surface area contributed by atoms with Crippen molar-refractivity contribution in [2.24, 2.45) is 5.92 Å². The summed E-state index contributed by atoms with van der Waals surface area (Å²) in [4.78, 5) is 10.7. The van der Waals surface area contributed by atoms with Crippen LogP contribution in [0.25, 0.3) is 0 Å². The smallest absolute Gasteiger partial charge is 0.450 e. The van der Waals surface area contributed by atoms with Gasteiger partial charge in [0.2, 0.25) is 0 Å². The molecule has 1 aliphatic carbocycles. The van der Waals surface area contributed by atoms with Crippen LogP contribution in [0.1, 0.15) is 46.0 Å². The normalized spacial score (nSPS) is 22.4. The highest BCUT2D eigenvalue weighted by molar-refractivity contribution is 6.21. The Balaban J connectivity index is 2.78. The molecule has 1 atom stereocenters. The Morgan fingerprint density at radius 2 is 1.87 bits per heavy atom. The molecule has 0 aromatic heterocycles. The number of carbonyl (C=O) groups is 1. The largest absolute Gasteiger partial charge is 0.506 e. The Morgan fingerprint density at radius 1 is 1.33 bits per heavy atom. The molecule has 0 heterocycles. The van der Waals surface area contributed by atoms with Crippen molar-refractivity contribution in [1.82, 2.24) is 0 Å². The van der Waals surface area contributed by atoms with Crippen molar-refractivity contribution in [2.75, 3.05) is 0 Å². The fraction of sp³-hybridized carbons (Fsp3) is 0.909. The van der Waals surface area contributed by atoms with Crippen LogP contribution in [0.3, 0.4) is 0 Å². The molecule has 0 aliphatic heterocycles. The summed E-state index contributed by atoms with van der Waals surface area (Å²) >= 11 is 6.31. The lowest BCUT2D eigenvalue weighted by Crippen LogP contribution is -2.47. The predicted molar refractivity (Wildman–Crippen MR) is 59.4 cm³/mol. The van der Waals surface area contributed by atoms with Gasteiger partial charge in [0.05, 0.1) is 5.38 Å². The molecule has 0 saturated heterocycles. The first kappa shape index (κ1) is 12.6. The summed E-state index contributed by atoms with van der Waals surface area (Å²) in [5, 5.41) is 8.55. The molecule has 0 aromatic carbocycles. The number of hydrogen-bond acceptors (Lipinski definition) is 2. The third kappa shape index (κ3) is 3.00. The van der Waals surface area contributed by atoms with E-state index in [1.54, 1.807) is 0 Å². The second-order valence-electron chi connectivity index (χ2n) is 4.64. The Labute approximate surface area is 95.8 Å². The highest BCUT2D eigenvalue weighted by atomic mass is 35.5. The molecular formula is C11H19ClO3. The van der Waals surface area contributed by atoms with Crippen molar-refractivity contribution in [3.05, 3.63) is 0 Å². The minimum atomic E-state index is -1.21. The SMILES string of the molecule is CC(C)C(Cl)C1(OC(=O)O)CCCCC1. The van der Waals surface area contributed by atoms with E-state index in [9.17, 15) is 4.79 Å². The van der Waals surface area contributed by atoms with Crippen molar-refractivity contribution < 1.29 is 14.6 Å². The quantitative estimate of drug-likeness (QED) is 0.599. The van der Waals surface area contributed by atoms with Crippen molar-refractivity contribution in [3.63, 3.8) is 0 Å². The van der Waals surface area contributed by atoms with Crippen LogP contribution in [-0.4, -0.2) is 22.2 Å². The molecule has 1 aliphatic rings. The van der Waals surface area contributed by atoms with E-state index >= 15 is 0 Å². The summed E-state index contributed by atoms with van der Waals surface area (Å²) in [5.74, 6) is 0.226. The van der Waals surface area contributed by atoms with Gasteiger partial charge < -0.3 is 9.84 Å². The zero-order valence-electron chi connectivity index (χ0n) is 9.33. The third-order valence-electron chi connectivity index (χ3n) is 3.08. The first-order valence-corrected chi connectivity index (χ1v) is 5.97. The fourth-order valence-electron chi connectivity index (χ4n) is 2.37. The van der Waals surface area contributed by atoms with Gasteiger partial charge >= 0.3 is 6.16 Å². The van der Waals surface area contributed by atoms with Gasteiger partial charge in [0.1, 0.15) is 5.60 Å². The lowest BCUT2D eigenvalue weighted by molar-refractivity contribution is -0.0503. The maximum atomic E-state index is 10.7. The van der Waals surface area contributed by atoms with E-state index in [0.717, 1.165) is 32.1 Å². The van der Waals surface area contributed by atoms with Gasteiger partial charge in [-0.1, -0.05) is 20.3 Å². The van der Waals surface area contributed by atoms with E-state index < -0.39 is 11.8 Å². The molecule has 3 nitrogen and oxygen atoms in total. The third-order valence-corrected chi connectivity index (χ3v) is 3.98. The first-order valence-electron chi connectivity index (χ1n) is 5.54. The summed E-state index contributed by atoms with van der Waals surface area (Å²) in [6.07, 6.45) is 3.46. The number of carboxylic acid groups (broad SMARTS) is 1. The maximum Gasteiger partial charge on any atom is 0.506 e. The van der Waals surface area contributed by atoms with Gasteiger partial charge in [0, 0.05) is 0 Å². The van der Waals surface area contributed by atoms with Crippen LogP contribution in [0.2, 0.25) is 0 Å². The Hall–Kier alpha value is -0.440. The van der Waals surface area contributed by atoms with Gasteiger partial charge in [-0.3, -0.25) is 0 Å². The lowest BCUT2D eigenvalue weighted by Gasteiger charge is -2.40. The van der Waals surface area contributed by atoms with E-state index in [1.807, 2.05) is 13.8 Å². The molecule has 1 saturated carbocycles. The van der Waals surface area contributed by atoms with E-state index in [0.29, 0.717) is 0 Å². The summed E-state index contributed by atoms with van der Waals surface area (Å²) in [7, 11) is 0. The molecular weight excluding hydrogens is 216 g/mol. The standard InChI is InChI=1S/C11H19ClO3/c1-8(2)9(12)11(15-10(13)14)6-4-3-5-7-11/h8-9H,3-7H2,1-2H3,(H,13,14). The fourth-order valence-corrected chi connectivity index (χ4v) is 2.63. The first-order chi connectivity index (χ1) is 6.98. The molecule has 1 unspecified atom stereocenters. The topological polar surface area (TPSA) is 46.5 Å². The molecule has 0 amide bonds. The minimum Gasteiger partial charge on any atom is -0.450 e. The Kier molecular flexibility index (Phi) is 4.26. The van der Waals surface area contributed by atoms with Gasteiger partial charge in [-0.05, 0) is 31.6 Å². The number of ether oxygens (including phenoxy) is 1. The van der Waals surface area contributed by atoms with Gasteiger partial charge in [-0.2, -0.15) is 0 Å². The van der Waals surface area contributed by atoms with Crippen LogP contribution in [0.15, 0.2) is 0 Å². The van der Waals surface area contributed by atoms with E-state index in [2.05, 4.69) is 0 Å². The van der Waals surface area contributed by atoms with Crippen LogP contribution < -0.4 is 0 Å². The zero-order valence-corrected chi connectivity index (χ0v) is 10.1. The van der Waals surface area contributed by atoms with Crippen LogP contribution >= 0.6 is 11.6 Å². The Bertz CT molecular complexity index is 222. The maximum absolute atomic E-state index is 10.7. The number of halogens is 1. The molecule has 0 spiro atoms. The van der Waals surface area contributed by atoms with Gasteiger partial charge in [0.15, 0.2) is 0 Å². The zero-order chi connectivity index (χ0) is 11.5. The van der Waals surface area contributed by atoms with Gasteiger partial charge in [0.25, 0.3) is 0 Å². The summed E-state index contributed by atoms with van der Waals surface area (Å²) in [6.45, 7) is 4.00. The van der Waals surface area contributed by atoms with Crippen LogP contribution in [0, 0.1) is 5.92 Å². The van der Waals surface area contributed by atoms with E-state index in [-0.39, 0.29) is 11.3 Å². The molecule has 1 rings (SSSR count). The van der Waals surface area contributed by atoms with Crippen LogP contribution in [-0.2, 0) is 4.74 Å². The monoisotopic (exact) mass is 234 g/mol. The van der Waals surface area contributed by atoms with Crippen molar-refractivity contribution in [2.45, 2.75) is 56.9 Å². The molecule has 15 heavy (non-hydrogen) atoms. The van der Waals surface area contributed by atoms with Crippen LogP contribution in [0.5, 0.6) is 0 Å². The summed E-state index contributed by atoms with van der Waals surface area (Å²) < 4.78 is 5.09. The van der Waals surface area contributed by atoms with Crippen molar-refractivity contribution >= 4 is 17.8 Å². The number of hydrogen-bond donors (Lipinski definition) is 1. The second kappa shape index (κ2) is 5.06. The second-order valence-corrected chi connectivity index (χ2v) is 5.11. The Morgan fingerprint density at radius 3 is 2.27 bits per heavy atom. The highest BCUT2D eigenvalue weighted by Gasteiger charge is 2.44. The lowest BCUT2D eigenvalue weighted by atomic mass is 9.79. The average Bonchev–Trinajstić information content (AvgIpc) is 2.16. The average molecular weight is 235 g/mol. The number of rotatable bonds is 3. The van der Waals surface area contributed by atoms with Gasteiger partial charge in [-0.15, -0.1) is 11.6 Å². The summed E-state index contributed by atoms with van der Waals surface area (Å²) in [5.41, 5.74) is -0.653. The minimum absolute atomic E-state index is 0.226. The predicted octanol–water partition coefficient (Wildman–Crippen LogP) is 3.65. The van der Waals surface area contributed by atoms with Crippen molar-refractivity contribution in [3.8, 4) is 0 Å². The molecule has 88 valence electrons.